The quantitative estimate of drug-likeness (QED) is 0.731. The Bertz CT molecular complexity index is 399. The summed E-state index contributed by atoms with van der Waals surface area (Å²) >= 11 is 5.95. The molecule has 1 aromatic carbocycles. The van der Waals surface area contributed by atoms with Crippen molar-refractivity contribution in [3.63, 3.8) is 0 Å². The average molecular weight is 254 g/mol. The van der Waals surface area contributed by atoms with Gasteiger partial charge in [-0.3, -0.25) is 0 Å². The molecular formula is C13H16ClNO2. The molecule has 0 aliphatic heterocycles. The Morgan fingerprint density at radius 2 is 2.12 bits per heavy atom. The first-order chi connectivity index (χ1) is 8.13. The van der Waals surface area contributed by atoms with E-state index in [-0.39, 0.29) is 0 Å². The highest BCUT2D eigenvalue weighted by atomic mass is 35.5. The molecule has 0 unspecified atom stereocenters. The summed E-state index contributed by atoms with van der Waals surface area (Å²) in [5.74, 6) is 1.10. The molecule has 3 nitrogen and oxygen atoms in total. The van der Waals surface area contributed by atoms with Crippen molar-refractivity contribution in [2.45, 2.75) is 13.8 Å². The first kappa shape index (κ1) is 13.8. The monoisotopic (exact) mass is 253 g/mol. The first-order valence-corrected chi connectivity index (χ1v) is 5.91. The van der Waals surface area contributed by atoms with Crippen LogP contribution in [0.1, 0.15) is 19.4 Å². The third-order valence-electron chi connectivity index (χ3n) is 2.00. The molecule has 1 aromatic rings. The predicted molar refractivity (Wildman–Crippen MR) is 67.3 cm³/mol. The smallest absolute Gasteiger partial charge is 0.138 e. The van der Waals surface area contributed by atoms with Gasteiger partial charge in [0.15, 0.2) is 0 Å². The number of hydrogen-bond acceptors (Lipinski definition) is 3. The normalized spacial score (nSPS) is 10.3. The van der Waals surface area contributed by atoms with Gasteiger partial charge in [0.2, 0.25) is 0 Å². The van der Waals surface area contributed by atoms with E-state index >= 15 is 0 Å². The van der Waals surface area contributed by atoms with Gasteiger partial charge in [0.25, 0.3) is 0 Å². The van der Waals surface area contributed by atoms with Gasteiger partial charge >= 0.3 is 0 Å². The van der Waals surface area contributed by atoms with Crippen molar-refractivity contribution in [3.8, 4) is 11.8 Å². The fraction of sp³-hybridized carbons (Fsp3) is 0.462. The molecule has 17 heavy (non-hydrogen) atoms. The third kappa shape index (κ3) is 5.08. The molecule has 0 saturated carbocycles. The number of nitrogens with zero attached hydrogens (tertiary/aromatic N) is 1. The van der Waals surface area contributed by atoms with Crippen LogP contribution in [0.15, 0.2) is 18.2 Å². The zero-order valence-electron chi connectivity index (χ0n) is 10.1. The van der Waals surface area contributed by atoms with Gasteiger partial charge in [-0.1, -0.05) is 25.4 Å². The van der Waals surface area contributed by atoms with E-state index in [9.17, 15) is 0 Å². The number of hydrogen-bond donors (Lipinski definition) is 0. The second-order valence-corrected chi connectivity index (χ2v) is 4.48. The second-order valence-electron chi connectivity index (χ2n) is 4.07. The van der Waals surface area contributed by atoms with E-state index in [1.54, 1.807) is 18.2 Å². The van der Waals surface area contributed by atoms with Gasteiger partial charge in [-0.25, -0.2) is 0 Å². The Morgan fingerprint density at radius 1 is 1.35 bits per heavy atom. The predicted octanol–water partition coefficient (Wildman–Crippen LogP) is 3.26. The highest BCUT2D eigenvalue weighted by molar-refractivity contribution is 6.32. The molecule has 0 aliphatic rings. The van der Waals surface area contributed by atoms with Crippen molar-refractivity contribution >= 4 is 11.6 Å². The summed E-state index contributed by atoms with van der Waals surface area (Å²) in [4.78, 5) is 0. The SMILES string of the molecule is CC(C)COCCOc1ccc(C#N)cc1Cl. The van der Waals surface area contributed by atoms with Crippen LogP contribution in [-0.4, -0.2) is 19.8 Å². The van der Waals surface area contributed by atoms with Gasteiger partial charge in [-0.15, -0.1) is 0 Å². The third-order valence-corrected chi connectivity index (χ3v) is 2.29. The molecule has 0 fully saturated rings. The molecule has 0 amide bonds. The molecule has 0 atom stereocenters. The lowest BCUT2D eigenvalue weighted by Gasteiger charge is -2.09. The minimum Gasteiger partial charge on any atom is -0.490 e. The van der Waals surface area contributed by atoms with Gasteiger partial charge in [0.1, 0.15) is 12.4 Å². The highest BCUT2D eigenvalue weighted by Crippen LogP contribution is 2.24. The molecule has 0 spiro atoms. The lowest BCUT2D eigenvalue weighted by atomic mass is 10.2. The minimum absolute atomic E-state index is 0.452. The van der Waals surface area contributed by atoms with Crippen LogP contribution in [-0.2, 0) is 4.74 Å². The standard InChI is InChI=1S/C13H16ClNO2/c1-10(2)9-16-5-6-17-13-4-3-11(8-15)7-12(13)14/h3-4,7,10H,5-6,9H2,1-2H3. The van der Waals surface area contributed by atoms with Gasteiger partial charge in [-0.2, -0.15) is 5.26 Å². The molecule has 0 radical (unpaired) electrons. The van der Waals surface area contributed by atoms with E-state index in [0.717, 1.165) is 6.61 Å². The van der Waals surface area contributed by atoms with Crippen LogP contribution in [0.4, 0.5) is 0 Å². The topological polar surface area (TPSA) is 42.2 Å². The average Bonchev–Trinajstić information content (AvgIpc) is 2.30. The molecular weight excluding hydrogens is 238 g/mol. The Labute approximate surface area is 107 Å². The van der Waals surface area contributed by atoms with Crippen LogP contribution in [0.25, 0.3) is 0 Å². The van der Waals surface area contributed by atoms with E-state index in [4.69, 9.17) is 26.3 Å². The molecule has 0 N–H and O–H groups in total. The summed E-state index contributed by atoms with van der Waals surface area (Å²) in [5, 5.41) is 9.13. The van der Waals surface area contributed by atoms with Crippen LogP contribution in [0.5, 0.6) is 5.75 Å². The van der Waals surface area contributed by atoms with Crippen molar-refractivity contribution in [1.82, 2.24) is 0 Å². The fourth-order valence-electron chi connectivity index (χ4n) is 1.22. The molecule has 0 saturated heterocycles. The van der Waals surface area contributed by atoms with Crippen molar-refractivity contribution in [2.24, 2.45) is 5.92 Å². The molecule has 1 rings (SSSR count). The van der Waals surface area contributed by atoms with Crippen LogP contribution < -0.4 is 4.74 Å². The summed E-state index contributed by atoms with van der Waals surface area (Å²) in [6.45, 7) is 5.91. The maximum Gasteiger partial charge on any atom is 0.138 e. The Kier molecular flexibility index (Phi) is 5.82. The van der Waals surface area contributed by atoms with E-state index in [1.165, 1.54) is 0 Å². The molecule has 0 heterocycles. The van der Waals surface area contributed by atoms with Crippen molar-refractivity contribution in [2.75, 3.05) is 19.8 Å². The zero-order valence-corrected chi connectivity index (χ0v) is 10.8. The molecule has 0 aliphatic carbocycles. The van der Waals surface area contributed by atoms with E-state index < -0.39 is 0 Å². The van der Waals surface area contributed by atoms with Crippen molar-refractivity contribution in [3.05, 3.63) is 28.8 Å². The van der Waals surface area contributed by atoms with Gasteiger partial charge < -0.3 is 9.47 Å². The fourth-order valence-corrected chi connectivity index (χ4v) is 1.45. The number of nitriles is 1. The Morgan fingerprint density at radius 3 is 2.71 bits per heavy atom. The maximum atomic E-state index is 8.68. The molecule has 4 heteroatoms. The number of rotatable bonds is 6. The highest BCUT2D eigenvalue weighted by Gasteiger charge is 2.02. The maximum absolute atomic E-state index is 8.68. The summed E-state index contributed by atoms with van der Waals surface area (Å²) in [6, 6.07) is 6.98. The van der Waals surface area contributed by atoms with Gasteiger partial charge in [0, 0.05) is 6.61 Å². The summed E-state index contributed by atoms with van der Waals surface area (Å²) in [6.07, 6.45) is 0. The minimum atomic E-state index is 0.452. The number of ether oxygens (including phenoxy) is 2. The lowest BCUT2D eigenvalue weighted by molar-refractivity contribution is 0.0819. The Balaban J connectivity index is 2.35. The lowest BCUT2D eigenvalue weighted by Crippen LogP contribution is -2.10. The largest absolute Gasteiger partial charge is 0.490 e. The van der Waals surface area contributed by atoms with E-state index in [0.29, 0.717) is 35.5 Å². The Hall–Kier alpha value is -1.24. The number of benzene rings is 1. The van der Waals surface area contributed by atoms with E-state index in [2.05, 4.69) is 13.8 Å². The second kappa shape index (κ2) is 7.16. The summed E-state index contributed by atoms with van der Waals surface area (Å²) < 4.78 is 10.8. The van der Waals surface area contributed by atoms with Crippen LogP contribution >= 0.6 is 11.6 Å². The van der Waals surface area contributed by atoms with Crippen LogP contribution in [0.3, 0.4) is 0 Å². The zero-order chi connectivity index (χ0) is 12.7. The number of halogens is 1. The molecule has 0 aromatic heterocycles. The molecule has 0 bridgehead atoms. The van der Waals surface area contributed by atoms with Crippen LogP contribution in [0, 0.1) is 17.2 Å². The first-order valence-electron chi connectivity index (χ1n) is 5.53. The molecule has 92 valence electrons. The van der Waals surface area contributed by atoms with Crippen LogP contribution in [0.2, 0.25) is 5.02 Å². The summed E-state index contributed by atoms with van der Waals surface area (Å²) in [5.41, 5.74) is 0.526. The summed E-state index contributed by atoms with van der Waals surface area (Å²) in [7, 11) is 0. The van der Waals surface area contributed by atoms with Crippen molar-refractivity contribution in [1.29, 1.82) is 5.26 Å². The van der Waals surface area contributed by atoms with Gasteiger partial charge in [0.05, 0.1) is 23.3 Å². The van der Waals surface area contributed by atoms with E-state index in [1.807, 2.05) is 6.07 Å². The van der Waals surface area contributed by atoms with Gasteiger partial charge in [-0.05, 0) is 24.1 Å². The van der Waals surface area contributed by atoms with Crippen molar-refractivity contribution < 1.29 is 9.47 Å².